The first-order valence-electron chi connectivity index (χ1n) is 8.70. The van der Waals surface area contributed by atoms with Crippen LogP contribution in [0.1, 0.15) is 48.2 Å². The van der Waals surface area contributed by atoms with Gasteiger partial charge in [-0.2, -0.15) is 0 Å². The van der Waals surface area contributed by atoms with Crippen LogP contribution in [0.3, 0.4) is 0 Å². The molecule has 1 heterocycles. The summed E-state index contributed by atoms with van der Waals surface area (Å²) in [5, 5.41) is 3.01. The monoisotopic (exact) mass is 367 g/mol. The third-order valence-electron chi connectivity index (χ3n) is 5.93. The molecule has 4 aliphatic carbocycles. The molecule has 4 nitrogen and oxygen atoms in total. The summed E-state index contributed by atoms with van der Waals surface area (Å²) >= 11 is 6.96. The first kappa shape index (κ1) is 16.4. The Hall–Kier alpha value is -1.07. The van der Waals surface area contributed by atoms with Gasteiger partial charge in [0.1, 0.15) is 4.88 Å². The molecule has 0 saturated heterocycles. The first-order valence-corrected chi connectivity index (χ1v) is 9.90. The van der Waals surface area contributed by atoms with Crippen molar-refractivity contribution in [2.45, 2.75) is 38.5 Å². The molecule has 130 valence electrons. The molecule has 0 atom stereocenters. The van der Waals surface area contributed by atoms with Gasteiger partial charge in [0.05, 0.1) is 4.34 Å². The van der Waals surface area contributed by atoms with E-state index in [2.05, 4.69) is 5.32 Å². The number of hydrogen-bond donors (Lipinski definition) is 1. The van der Waals surface area contributed by atoms with Gasteiger partial charge in [0.2, 0.25) is 0 Å². The van der Waals surface area contributed by atoms with Gasteiger partial charge in [0.25, 0.3) is 5.91 Å². The normalized spacial score (nSPS) is 33.5. The quantitative estimate of drug-likeness (QED) is 0.803. The molecular formula is C18H22ClNO3S. The molecule has 0 unspecified atom stereocenters. The fourth-order valence-corrected chi connectivity index (χ4v) is 6.41. The Morgan fingerprint density at radius 1 is 1.17 bits per heavy atom. The summed E-state index contributed by atoms with van der Waals surface area (Å²) in [6.45, 7) is 0.512. The van der Waals surface area contributed by atoms with E-state index in [-0.39, 0.29) is 12.5 Å². The van der Waals surface area contributed by atoms with Crippen LogP contribution < -0.4 is 5.32 Å². The molecule has 4 bridgehead atoms. The van der Waals surface area contributed by atoms with Gasteiger partial charge >= 0.3 is 5.97 Å². The highest BCUT2D eigenvalue weighted by atomic mass is 35.5. The van der Waals surface area contributed by atoms with Gasteiger partial charge in [-0.15, -0.1) is 11.3 Å². The van der Waals surface area contributed by atoms with Crippen LogP contribution in [-0.2, 0) is 9.53 Å². The summed E-state index contributed by atoms with van der Waals surface area (Å²) in [7, 11) is 0. The molecule has 1 N–H and O–H groups in total. The van der Waals surface area contributed by atoms with Crippen molar-refractivity contribution in [1.82, 2.24) is 5.32 Å². The number of amides is 1. The highest BCUT2D eigenvalue weighted by Gasteiger charge is 2.50. The second-order valence-electron chi connectivity index (χ2n) is 7.87. The third kappa shape index (κ3) is 3.33. The van der Waals surface area contributed by atoms with Crippen molar-refractivity contribution >= 4 is 34.8 Å². The minimum absolute atomic E-state index is 0.207. The Labute approximate surface area is 150 Å². The molecule has 1 aromatic heterocycles. The number of thiophene rings is 1. The molecule has 4 aliphatic rings. The van der Waals surface area contributed by atoms with Gasteiger partial charge in [-0.1, -0.05) is 11.6 Å². The summed E-state index contributed by atoms with van der Waals surface area (Å²) in [6.07, 6.45) is 7.96. The molecule has 4 saturated carbocycles. The lowest BCUT2D eigenvalue weighted by atomic mass is 9.49. The molecule has 0 radical (unpaired) electrons. The predicted octanol–water partition coefficient (Wildman–Crippen LogP) is 3.89. The highest BCUT2D eigenvalue weighted by molar-refractivity contribution is 7.17. The van der Waals surface area contributed by atoms with Crippen LogP contribution in [0.15, 0.2) is 12.1 Å². The van der Waals surface area contributed by atoms with Crippen LogP contribution in [0.2, 0.25) is 4.34 Å². The summed E-state index contributed by atoms with van der Waals surface area (Å²) < 4.78 is 5.61. The zero-order valence-corrected chi connectivity index (χ0v) is 15.1. The Balaban J connectivity index is 1.26. The van der Waals surface area contributed by atoms with E-state index in [0.717, 1.165) is 35.6 Å². The van der Waals surface area contributed by atoms with Gasteiger partial charge < -0.3 is 10.1 Å². The molecule has 1 aromatic rings. The van der Waals surface area contributed by atoms with Gasteiger partial charge in [0.15, 0.2) is 6.61 Å². The predicted molar refractivity (Wildman–Crippen MR) is 93.2 cm³/mol. The number of nitrogens with one attached hydrogen (secondary N) is 1. The number of rotatable bonds is 5. The summed E-state index contributed by atoms with van der Waals surface area (Å²) in [6, 6.07) is 3.26. The average Bonchev–Trinajstić information content (AvgIpc) is 2.96. The van der Waals surface area contributed by atoms with Crippen molar-refractivity contribution in [3.05, 3.63) is 21.3 Å². The van der Waals surface area contributed by atoms with Crippen LogP contribution in [0.25, 0.3) is 0 Å². The molecule has 24 heavy (non-hydrogen) atoms. The number of hydrogen-bond acceptors (Lipinski definition) is 4. The minimum atomic E-state index is -0.489. The van der Waals surface area contributed by atoms with Gasteiger partial charge in [-0.3, -0.25) is 4.79 Å². The van der Waals surface area contributed by atoms with E-state index in [1.165, 1.54) is 38.5 Å². The van der Waals surface area contributed by atoms with Crippen LogP contribution in [0.4, 0.5) is 0 Å². The topological polar surface area (TPSA) is 55.4 Å². The third-order valence-corrected chi connectivity index (χ3v) is 7.15. The second kappa shape index (κ2) is 6.34. The molecule has 6 heteroatoms. The molecule has 0 spiro atoms. The van der Waals surface area contributed by atoms with E-state index in [9.17, 15) is 9.59 Å². The van der Waals surface area contributed by atoms with E-state index in [1.807, 2.05) is 0 Å². The molecule has 1 amide bonds. The zero-order valence-electron chi connectivity index (χ0n) is 13.6. The number of ether oxygens (including phenoxy) is 1. The number of esters is 1. The molecule has 4 fully saturated rings. The maximum absolute atomic E-state index is 12.1. The van der Waals surface area contributed by atoms with Gasteiger partial charge in [0, 0.05) is 6.54 Å². The van der Waals surface area contributed by atoms with E-state index in [1.54, 1.807) is 12.1 Å². The fraction of sp³-hybridized carbons (Fsp3) is 0.667. The van der Waals surface area contributed by atoms with Crippen LogP contribution in [0, 0.1) is 23.2 Å². The minimum Gasteiger partial charge on any atom is -0.451 e. The summed E-state index contributed by atoms with van der Waals surface area (Å²) in [5.74, 6) is 1.91. The number of carbonyl (C=O) groups excluding carboxylic acids is 2. The standard InChI is InChI=1S/C18H22ClNO3S/c19-15-2-1-14(24-15)17(22)23-9-16(21)20-10-18-6-11-3-12(7-18)5-13(4-11)8-18/h1-2,11-13H,3-10H2,(H,20,21). The number of halogens is 1. The Kier molecular flexibility index (Phi) is 4.33. The fourth-order valence-electron chi connectivity index (χ4n) is 5.47. The maximum Gasteiger partial charge on any atom is 0.348 e. The Morgan fingerprint density at radius 2 is 1.79 bits per heavy atom. The van der Waals surface area contributed by atoms with Crippen LogP contribution in [0.5, 0.6) is 0 Å². The zero-order chi connectivity index (χ0) is 16.7. The van der Waals surface area contributed by atoms with E-state index < -0.39 is 5.97 Å². The lowest BCUT2D eigenvalue weighted by Crippen LogP contribution is -2.51. The maximum atomic E-state index is 12.1. The Bertz CT molecular complexity index is 621. The summed E-state index contributed by atoms with van der Waals surface area (Å²) in [4.78, 5) is 24.3. The SMILES string of the molecule is O=C(COC(=O)c1ccc(Cl)s1)NCC12CC3CC(CC(C3)C1)C2. The average molecular weight is 368 g/mol. The first-order chi connectivity index (χ1) is 11.5. The number of carbonyl (C=O) groups is 2. The van der Waals surface area contributed by atoms with E-state index in [0.29, 0.717) is 14.6 Å². The Morgan fingerprint density at radius 3 is 2.33 bits per heavy atom. The molecule has 0 aromatic carbocycles. The van der Waals surface area contributed by atoms with Crippen molar-refractivity contribution < 1.29 is 14.3 Å². The highest BCUT2D eigenvalue weighted by Crippen LogP contribution is 2.59. The van der Waals surface area contributed by atoms with Crippen LogP contribution >= 0.6 is 22.9 Å². The lowest BCUT2D eigenvalue weighted by molar-refractivity contribution is -0.126. The van der Waals surface area contributed by atoms with Crippen molar-refractivity contribution in [3.8, 4) is 0 Å². The smallest absolute Gasteiger partial charge is 0.348 e. The van der Waals surface area contributed by atoms with Crippen molar-refractivity contribution in [2.75, 3.05) is 13.2 Å². The van der Waals surface area contributed by atoms with Crippen molar-refractivity contribution in [2.24, 2.45) is 23.2 Å². The van der Waals surface area contributed by atoms with Crippen molar-refractivity contribution in [1.29, 1.82) is 0 Å². The largest absolute Gasteiger partial charge is 0.451 e. The van der Waals surface area contributed by atoms with Crippen LogP contribution in [-0.4, -0.2) is 25.0 Å². The van der Waals surface area contributed by atoms with E-state index >= 15 is 0 Å². The second-order valence-corrected chi connectivity index (χ2v) is 9.59. The molecular weight excluding hydrogens is 346 g/mol. The van der Waals surface area contributed by atoms with Crippen molar-refractivity contribution in [3.63, 3.8) is 0 Å². The van der Waals surface area contributed by atoms with Gasteiger partial charge in [-0.25, -0.2) is 4.79 Å². The molecule has 5 rings (SSSR count). The van der Waals surface area contributed by atoms with Gasteiger partial charge in [-0.05, 0) is 73.8 Å². The lowest BCUT2D eigenvalue weighted by Gasteiger charge is -2.56. The van der Waals surface area contributed by atoms with E-state index in [4.69, 9.17) is 16.3 Å². The summed E-state index contributed by atoms with van der Waals surface area (Å²) in [5.41, 5.74) is 0.301. The molecule has 0 aliphatic heterocycles.